The van der Waals surface area contributed by atoms with Crippen molar-refractivity contribution in [3.8, 4) is 28.2 Å². The Morgan fingerprint density at radius 2 is 1.13 bits per heavy atom. The largest absolute Gasteiger partial charge is 0.308 e. The Balaban J connectivity index is 1.46. The number of hydrogen-bond acceptors (Lipinski definition) is 2. The Morgan fingerprint density at radius 1 is 0.462 bits per heavy atom. The van der Waals surface area contributed by atoms with Crippen molar-refractivity contribution in [2.24, 2.45) is 0 Å². The first-order valence-electron chi connectivity index (χ1n) is 13.2. The molecule has 0 aliphatic rings. The third-order valence-corrected chi connectivity index (χ3v) is 7.63. The molecule has 0 N–H and O–H groups in total. The topological polar surface area (TPSA) is 30.7 Å². The monoisotopic (exact) mass is 497 g/mol. The summed E-state index contributed by atoms with van der Waals surface area (Å²) < 4.78 is 2.37. The number of fused-ring (bicyclic) bond motifs is 6. The summed E-state index contributed by atoms with van der Waals surface area (Å²) in [6.45, 7) is 0. The maximum Gasteiger partial charge on any atom is 0.159 e. The quantitative estimate of drug-likeness (QED) is 0.228. The molecule has 0 saturated carbocycles. The van der Waals surface area contributed by atoms with Crippen molar-refractivity contribution >= 4 is 43.5 Å². The molecule has 6 aromatic carbocycles. The lowest BCUT2D eigenvalue weighted by atomic mass is 10.0. The normalized spacial score (nSPS) is 11.6. The van der Waals surface area contributed by atoms with Gasteiger partial charge < -0.3 is 4.57 Å². The average molecular weight is 498 g/mol. The second kappa shape index (κ2) is 8.64. The van der Waals surface area contributed by atoms with Crippen LogP contribution in [0.2, 0.25) is 0 Å². The van der Waals surface area contributed by atoms with Crippen LogP contribution < -0.4 is 0 Å². The summed E-state index contributed by atoms with van der Waals surface area (Å²) in [5.41, 5.74) is 7.82. The van der Waals surface area contributed by atoms with E-state index in [4.69, 9.17) is 9.97 Å². The summed E-state index contributed by atoms with van der Waals surface area (Å²) in [6, 6.07) is 47.0. The fourth-order valence-corrected chi connectivity index (χ4v) is 5.79. The third-order valence-electron chi connectivity index (χ3n) is 7.63. The van der Waals surface area contributed by atoms with Crippen molar-refractivity contribution in [3.63, 3.8) is 0 Å². The molecule has 8 aromatic rings. The minimum absolute atomic E-state index is 0.736. The molecule has 0 aliphatic heterocycles. The van der Waals surface area contributed by atoms with Crippen molar-refractivity contribution in [2.75, 3.05) is 0 Å². The fraction of sp³-hybridized carbons (Fsp3) is 0. The van der Waals surface area contributed by atoms with Crippen molar-refractivity contribution < 1.29 is 0 Å². The molecule has 0 amide bonds. The van der Waals surface area contributed by atoms with Crippen molar-refractivity contribution in [2.45, 2.75) is 0 Å². The van der Waals surface area contributed by atoms with Crippen LogP contribution in [0.5, 0.6) is 0 Å². The first kappa shape index (κ1) is 21.8. The second-order valence-corrected chi connectivity index (χ2v) is 9.89. The number of hydrogen-bond donors (Lipinski definition) is 0. The molecule has 0 saturated heterocycles. The predicted octanol–water partition coefficient (Wildman–Crippen LogP) is 9.21. The molecule has 0 atom stereocenters. The number of para-hydroxylation sites is 1. The molecule has 0 radical (unpaired) electrons. The zero-order valence-electron chi connectivity index (χ0n) is 21.1. The highest BCUT2D eigenvalue weighted by Crippen LogP contribution is 2.38. The minimum Gasteiger partial charge on any atom is -0.308 e. The van der Waals surface area contributed by atoms with E-state index < -0.39 is 0 Å². The minimum atomic E-state index is 0.736. The van der Waals surface area contributed by atoms with Crippen molar-refractivity contribution in [1.82, 2.24) is 14.5 Å². The smallest absolute Gasteiger partial charge is 0.159 e. The molecule has 39 heavy (non-hydrogen) atoms. The van der Waals surface area contributed by atoms with Crippen LogP contribution in [-0.4, -0.2) is 14.5 Å². The van der Waals surface area contributed by atoms with Crippen LogP contribution in [0.25, 0.3) is 71.7 Å². The van der Waals surface area contributed by atoms with Crippen LogP contribution >= 0.6 is 0 Å². The molecule has 3 heteroatoms. The van der Waals surface area contributed by atoms with E-state index >= 15 is 0 Å². The molecule has 2 heterocycles. The zero-order valence-corrected chi connectivity index (χ0v) is 21.1. The van der Waals surface area contributed by atoms with Gasteiger partial charge in [-0.25, -0.2) is 9.97 Å². The van der Waals surface area contributed by atoms with Gasteiger partial charge in [-0.2, -0.15) is 0 Å². The van der Waals surface area contributed by atoms with Crippen LogP contribution in [0.1, 0.15) is 0 Å². The van der Waals surface area contributed by atoms with Gasteiger partial charge in [-0.3, -0.25) is 0 Å². The zero-order chi connectivity index (χ0) is 25.8. The van der Waals surface area contributed by atoms with Crippen LogP contribution in [0.3, 0.4) is 0 Å². The van der Waals surface area contributed by atoms with E-state index in [1.807, 2.05) is 24.4 Å². The number of nitrogens with zero attached hydrogens (tertiary/aromatic N) is 3. The van der Waals surface area contributed by atoms with Crippen LogP contribution in [0.4, 0.5) is 0 Å². The molecule has 182 valence electrons. The number of benzene rings is 6. The van der Waals surface area contributed by atoms with Crippen LogP contribution in [0, 0.1) is 0 Å². The van der Waals surface area contributed by atoms with E-state index in [9.17, 15) is 0 Å². The Labute approximate surface area is 225 Å². The lowest BCUT2D eigenvalue weighted by molar-refractivity contribution is 1.18. The van der Waals surface area contributed by atoms with Gasteiger partial charge in [0.05, 0.1) is 22.2 Å². The van der Waals surface area contributed by atoms with Crippen molar-refractivity contribution in [3.05, 3.63) is 140 Å². The summed E-state index contributed by atoms with van der Waals surface area (Å²) in [7, 11) is 0. The molecule has 3 nitrogen and oxygen atoms in total. The maximum atomic E-state index is 5.13. The highest BCUT2D eigenvalue weighted by Gasteiger charge is 2.18. The summed E-state index contributed by atoms with van der Waals surface area (Å²) in [5, 5.41) is 5.78. The molecular weight excluding hydrogens is 474 g/mol. The van der Waals surface area contributed by atoms with E-state index in [1.165, 1.54) is 32.9 Å². The second-order valence-electron chi connectivity index (χ2n) is 9.89. The van der Waals surface area contributed by atoms with E-state index in [0.29, 0.717) is 0 Å². The molecule has 2 aromatic heterocycles. The SMILES string of the molecule is c1ccc(-c2ccc3c(c2)c2ccccc2n3-c2cc3ccccc3c3nc(-c4ccccc4)ncc23)cc1. The Kier molecular flexibility index (Phi) is 4.82. The lowest BCUT2D eigenvalue weighted by Gasteiger charge is -2.14. The molecule has 8 rings (SSSR count). The van der Waals surface area contributed by atoms with Gasteiger partial charge in [0.1, 0.15) is 0 Å². The van der Waals surface area contributed by atoms with E-state index in [2.05, 4.69) is 120 Å². The van der Waals surface area contributed by atoms with Crippen LogP contribution in [0.15, 0.2) is 140 Å². The summed E-state index contributed by atoms with van der Waals surface area (Å²) in [4.78, 5) is 9.98. The van der Waals surface area contributed by atoms with Crippen molar-refractivity contribution in [1.29, 1.82) is 0 Å². The fourth-order valence-electron chi connectivity index (χ4n) is 5.79. The molecular formula is C36H23N3. The standard InChI is InChI=1S/C36H23N3/c1-3-11-24(12-4-1)26-19-20-33-30(21-26)29-17-9-10-18-32(29)39(33)34-22-27-15-7-8-16-28(27)35-31(34)23-37-36(38-35)25-13-5-2-6-14-25/h1-23H. The van der Waals surface area contributed by atoms with Crippen LogP contribution in [-0.2, 0) is 0 Å². The summed E-state index contributed by atoms with van der Waals surface area (Å²) in [6.07, 6.45) is 1.99. The van der Waals surface area contributed by atoms with E-state index in [0.717, 1.165) is 38.8 Å². The lowest BCUT2D eigenvalue weighted by Crippen LogP contribution is -1.99. The Hall–Kier alpha value is -5.28. The molecule has 0 spiro atoms. The summed E-state index contributed by atoms with van der Waals surface area (Å²) >= 11 is 0. The van der Waals surface area contributed by atoms with Gasteiger partial charge in [-0.1, -0.05) is 109 Å². The molecule has 0 bridgehead atoms. The first-order chi connectivity index (χ1) is 19.3. The highest BCUT2D eigenvalue weighted by atomic mass is 15.0. The van der Waals surface area contributed by atoms with Gasteiger partial charge in [0.25, 0.3) is 0 Å². The Morgan fingerprint density at radius 3 is 1.95 bits per heavy atom. The average Bonchev–Trinajstić information content (AvgIpc) is 3.35. The maximum absolute atomic E-state index is 5.13. The highest BCUT2D eigenvalue weighted by molar-refractivity contribution is 6.14. The molecule has 0 fully saturated rings. The van der Waals surface area contributed by atoms with Gasteiger partial charge in [-0.15, -0.1) is 0 Å². The predicted molar refractivity (Wildman–Crippen MR) is 162 cm³/mol. The first-order valence-corrected chi connectivity index (χ1v) is 13.2. The van der Waals surface area contributed by atoms with Gasteiger partial charge in [0.15, 0.2) is 5.82 Å². The molecule has 0 unspecified atom stereocenters. The molecule has 0 aliphatic carbocycles. The van der Waals surface area contributed by atoms with Gasteiger partial charge in [0, 0.05) is 33.3 Å². The van der Waals surface area contributed by atoms with E-state index in [1.54, 1.807) is 0 Å². The third kappa shape index (κ3) is 3.44. The van der Waals surface area contributed by atoms with Gasteiger partial charge in [-0.05, 0) is 40.8 Å². The van der Waals surface area contributed by atoms with Gasteiger partial charge in [0.2, 0.25) is 0 Å². The number of rotatable bonds is 3. The van der Waals surface area contributed by atoms with E-state index in [-0.39, 0.29) is 0 Å². The van der Waals surface area contributed by atoms with Gasteiger partial charge >= 0.3 is 0 Å². The Bertz CT molecular complexity index is 2160. The number of aromatic nitrogens is 3. The summed E-state index contributed by atoms with van der Waals surface area (Å²) in [5.74, 6) is 0.736.